The standard InChI is InChI=1S/C20H25ClN4O2/c1-23-6-8-25(9-7-23)20(26)18-19(24-10-12-27-13-11-24)17(14-22-18)15-2-4-16(21)5-3-15/h2-5,14,22H,6-13H2,1H3. The number of carbonyl (C=O) groups excluding carboxylic acids is 1. The van der Waals surface area contributed by atoms with Crippen LogP contribution in [0.4, 0.5) is 5.69 Å². The summed E-state index contributed by atoms with van der Waals surface area (Å²) >= 11 is 6.06. The Morgan fingerprint density at radius 3 is 2.37 bits per heavy atom. The summed E-state index contributed by atoms with van der Waals surface area (Å²) in [5, 5.41) is 0.705. The van der Waals surface area contributed by atoms with Gasteiger partial charge in [0.15, 0.2) is 0 Å². The number of aromatic nitrogens is 1. The van der Waals surface area contributed by atoms with Crippen molar-refractivity contribution in [3.8, 4) is 11.1 Å². The van der Waals surface area contributed by atoms with Gasteiger partial charge in [0.25, 0.3) is 5.91 Å². The SMILES string of the molecule is CN1CCN(C(=O)c2[nH]cc(-c3ccc(Cl)cc3)c2N2CCOCC2)CC1. The lowest BCUT2D eigenvalue weighted by atomic mass is 10.1. The van der Waals surface area contributed by atoms with Crippen molar-refractivity contribution in [3.05, 3.63) is 41.2 Å². The van der Waals surface area contributed by atoms with Crippen LogP contribution in [0, 0.1) is 0 Å². The Hall–Kier alpha value is -2.02. The fourth-order valence-electron chi connectivity index (χ4n) is 3.71. The predicted octanol–water partition coefficient (Wildman–Crippen LogP) is 2.56. The van der Waals surface area contributed by atoms with Crippen LogP contribution in [-0.2, 0) is 4.74 Å². The fraction of sp³-hybridized carbons (Fsp3) is 0.450. The second kappa shape index (κ2) is 7.92. The molecule has 7 heteroatoms. The number of piperazine rings is 1. The van der Waals surface area contributed by atoms with Gasteiger partial charge < -0.3 is 24.4 Å². The van der Waals surface area contributed by atoms with Crippen molar-refractivity contribution in [2.75, 3.05) is 64.4 Å². The van der Waals surface area contributed by atoms with Crippen molar-refractivity contribution < 1.29 is 9.53 Å². The average Bonchev–Trinajstić information content (AvgIpc) is 3.14. The maximum atomic E-state index is 13.3. The zero-order valence-corrected chi connectivity index (χ0v) is 16.3. The summed E-state index contributed by atoms with van der Waals surface area (Å²) in [6.07, 6.45) is 1.94. The molecule has 3 heterocycles. The van der Waals surface area contributed by atoms with Crippen LogP contribution in [0.1, 0.15) is 10.5 Å². The summed E-state index contributed by atoms with van der Waals surface area (Å²) in [6, 6.07) is 7.77. The van der Waals surface area contributed by atoms with Gasteiger partial charge in [-0.15, -0.1) is 0 Å². The van der Waals surface area contributed by atoms with E-state index >= 15 is 0 Å². The molecule has 0 bridgehead atoms. The van der Waals surface area contributed by atoms with E-state index in [4.69, 9.17) is 16.3 Å². The monoisotopic (exact) mass is 388 g/mol. The van der Waals surface area contributed by atoms with Crippen LogP contribution < -0.4 is 4.90 Å². The highest BCUT2D eigenvalue weighted by Crippen LogP contribution is 2.36. The van der Waals surface area contributed by atoms with E-state index in [2.05, 4.69) is 21.8 Å². The van der Waals surface area contributed by atoms with E-state index in [0.29, 0.717) is 23.9 Å². The first-order valence-electron chi connectivity index (χ1n) is 9.41. The van der Waals surface area contributed by atoms with E-state index in [1.807, 2.05) is 35.4 Å². The van der Waals surface area contributed by atoms with Crippen LogP contribution in [-0.4, -0.2) is 80.2 Å². The number of likely N-dealkylation sites (N-methyl/N-ethyl adjacent to an activating group) is 1. The zero-order valence-electron chi connectivity index (χ0n) is 15.6. The molecule has 1 amide bonds. The minimum Gasteiger partial charge on any atom is -0.378 e. The van der Waals surface area contributed by atoms with Crippen LogP contribution in [0.5, 0.6) is 0 Å². The molecular formula is C20H25ClN4O2. The molecule has 2 aliphatic rings. The Morgan fingerprint density at radius 2 is 1.70 bits per heavy atom. The molecular weight excluding hydrogens is 364 g/mol. The number of hydrogen-bond acceptors (Lipinski definition) is 4. The summed E-state index contributed by atoms with van der Waals surface area (Å²) < 4.78 is 5.52. The van der Waals surface area contributed by atoms with Crippen LogP contribution in [0.25, 0.3) is 11.1 Å². The quantitative estimate of drug-likeness (QED) is 0.878. The number of morpholine rings is 1. The number of benzene rings is 1. The van der Waals surface area contributed by atoms with E-state index in [-0.39, 0.29) is 5.91 Å². The van der Waals surface area contributed by atoms with E-state index in [9.17, 15) is 4.79 Å². The highest BCUT2D eigenvalue weighted by atomic mass is 35.5. The predicted molar refractivity (Wildman–Crippen MR) is 108 cm³/mol. The average molecular weight is 389 g/mol. The summed E-state index contributed by atoms with van der Waals surface area (Å²) in [5.74, 6) is 0.0739. The van der Waals surface area contributed by atoms with Crippen molar-refractivity contribution >= 4 is 23.2 Å². The van der Waals surface area contributed by atoms with Crippen LogP contribution in [0.3, 0.4) is 0 Å². The zero-order chi connectivity index (χ0) is 18.8. The number of nitrogens with one attached hydrogen (secondary N) is 1. The Morgan fingerprint density at radius 1 is 1.04 bits per heavy atom. The van der Waals surface area contributed by atoms with Crippen LogP contribution >= 0.6 is 11.6 Å². The summed E-state index contributed by atoms with van der Waals surface area (Å²) in [4.78, 5) is 23.0. The third-order valence-corrected chi connectivity index (χ3v) is 5.59. The number of nitrogens with zero attached hydrogens (tertiary/aromatic N) is 3. The van der Waals surface area contributed by atoms with Crippen molar-refractivity contribution in [1.29, 1.82) is 0 Å². The number of amides is 1. The second-order valence-corrected chi connectivity index (χ2v) is 7.56. The van der Waals surface area contributed by atoms with Crippen LogP contribution in [0.2, 0.25) is 5.02 Å². The van der Waals surface area contributed by atoms with E-state index in [1.54, 1.807) is 0 Å². The molecule has 0 aliphatic carbocycles. The molecule has 2 aromatic rings. The molecule has 2 saturated heterocycles. The van der Waals surface area contributed by atoms with Gasteiger partial charge in [-0.05, 0) is 24.7 Å². The highest BCUT2D eigenvalue weighted by Gasteiger charge is 2.29. The number of hydrogen-bond donors (Lipinski definition) is 1. The Labute approximate surface area is 164 Å². The summed E-state index contributed by atoms with van der Waals surface area (Å²) in [7, 11) is 2.09. The Balaban J connectivity index is 1.70. The van der Waals surface area contributed by atoms with Crippen LogP contribution in [0.15, 0.2) is 30.5 Å². The number of aromatic amines is 1. The van der Waals surface area contributed by atoms with Gasteiger partial charge in [-0.25, -0.2) is 0 Å². The van der Waals surface area contributed by atoms with E-state index in [0.717, 1.165) is 56.1 Å². The molecule has 0 spiro atoms. The van der Waals surface area contributed by atoms with Gasteiger partial charge in [0.05, 0.1) is 18.9 Å². The van der Waals surface area contributed by atoms with Crippen molar-refractivity contribution in [2.24, 2.45) is 0 Å². The lowest BCUT2D eigenvalue weighted by Gasteiger charge is -2.34. The van der Waals surface area contributed by atoms with Gasteiger partial charge >= 0.3 is 0 Å². The molecule has 0 unspecified atom stereocenters. The third kappa shape index (κ3) is 3.83. The molecule has 1 aromatic heterocycles. The number of carbonyl (C=O) groups is 1. The Kier molecular flexibility index (Phi) is 5.38. The highest BCUT2D eigenvalue weighted by molar-refractivity contribution is 6.30. The number of rotatable bonds is 3. The van der Waals surface area contributed by atoms with Gasteiger partial charge in [0, 0.05) is 56.1 Å². The van der Waals surface area contributed by atoms with Crippen molar-refractivity contribution in [2.45, 2.75) is 0 Å². The molecule has 6 nitrogen and oxygen atoms in total. The molecule has 1 N–H and O–H groups in total. The van der Waals surface area contributed by atoms with Gasteiger partial charge in [0.1, 0.15) is 5.69 Å². The number of anilines is 1. The van der Waals surface area contributed by atoms with Gasteiger partial charge in [-0.3, -0.25) is 4.79 Å². The lowest BCUT2D eigenvalue weighted by Crippen LogP contribution is -2.47. The molecule has 27 heavy (non-hydrogen) atoms. The van der Waals surface area contributed by atoms with Gasteiger partial charge in [-0.1, -0.05) is 23.7 Å². The fourth-order valence-corrected chi connectivity index (χ4v) is 3.84. The minimum absolute atomic E-state index is 0.0739. The Bertz CT molecular complexity index is 791. The maximum Gasteiger partial charge on any atom is 0.272 e. The number of ether oxygens (including phenoxy) is 1. The molecule has 0 saturated carbocycles. The first kappa shape index (κ1) is 18.3. The number of halogens is 1. The van der Waals surface area contributed by atoms with Gasteiger partial charge in [0.2, 0.25) is 0 Å². The maximum absolute atomic E-state index is 13.3. The van der Waals surface area contributed by atoms with E-state index < -0.39 is 0 Å². The smallest absolute Gasteiger partial charge is 0.272 e. The van der Waals surface area contributed by atoms with Crippen molar-refractivity contribution in [3.63, 3.8) is 0 Å². The van der Waals surface area contributed by atoms with E-state index in [1.165, 1.54) is 0 Å². The molecule has 1 aromatic carbocycles. The lowest BCUT2D eigenvalue weighted by molar-refractivity contribution is 0.0658. The summed E-state index contributed by atoms with van der Waals surface area (Å²) in [5.41, 5.74) is 3.73. The minimum atomic E-state index is 0.0739. The summed E-state index contributed by atoms with van der Waals surface area (Å²) in [6.45, 7) is 6.23. The molecule has 2 aliphatic heterocycles. The van der Waals surface area contributed by atoms with Crippen molar-refractivity contribution in [1.82, 2.24) is 14.8 Å². The largest absolute Gasteiger partial charge is 0.378 e. The number of H-pyrrole nitrogens is 1. The molecule has 144 valence electrons. The molecule has 2 fully saturated rings. The molecule has 0 atom stereocenters. The molecule has 4 rings (SSSR count). The first-order valence-corrected chi connectivity index (χ1v) is 9.79. The third-order valence-electron chi connectivity index (χ3n) is 5.34. The topological polar surface area (TPSA) is 51.8 Å². The normalized spacial score (nSPS) is 18.7. The van der Waals surface area contributed by atoms with Gasteiger partial charge in [-0.2, -0.15) is 0 Å². The molecule has 0 radical (unpaired) electrons. The first-order chi connectivity index (χ1) is 13.1. The second-order valence-electron chi connectivity index (χ2n) is 7.13.